The molecule has 0 saturated carbocycles. The van der Waals surface area contributed by atoms with Gasteiger partial charge >= 0.3 is 0 Å². The number of nitrogens with zero attached hydrogens (tertiary/aromatic N) is 1. The van der Waals surface area contributed by atoms with E-state index in [1.54, 1.807) is 18.7 Å². The third kappa shape index (κ3) is 2.83. The van der Waals surface area contributed by atoms with Crippen molar-refractivity contribution >= 4 is 0 Å². The molecule has 0 unspecified atom stereocenters. The Bertz CT molecular complexity index is 616. The minimum absolute atomic E-state index is 0.522. The van der Waals surface area contributed by atoms with Crippen LogP contribution in [-0.4, -0.2) is 4.98 Å². The van der Waals surface area contributed by atoms with Crippen LogP contribution in [0.1, 0.15) is 5.56 Å². The maximum Gasteiger partial charge on any atom is 0.133 e. The molecule has 3 rings (SSSR count). The molecule has 0 saturated heterocycles. The van der Waals surface area contributed by atoms with Gasteiger partial charge < -0.3 is 9.15 Å². The van der Waals surface area contributed by atoms with Gasteiger partial charge in [-0.3, -0.25) is 4.98 Å². The summed E-state index contributed by atoms with van der Waals surface area (Å²) in [6.45, 7) is 0.522. The number of hydrogen-bond acceptors (Lipinski definition) is 3. The highest BCUT2D eigenvalue weighted by molar-refractivity contribution is 5.58. The molecular weight excluding hydrogens is 238 g/mol. The number of hydrogen-bond donors (Lipinski definition) is 0. The van der Waals surface area contributed by atoms with E-state index >= 15 is 0 Å². The zero-order valence-corrected chi connectivity index (χ0v) is 10.3. The van der Waals surface area contributed by atoms with E-state index in [0.29, 0.717) is 6.61 Å². The van der Waals surface area contributed by atoms with Gasteiger partial charge in [-0.1, -0.05) is 6.07 Å². The summed E-state index contributed by atoms with van der Waals surface area (Å²) in [5.41, 5.74) is 2.09. The van der Waals surface area contributed by atoms with Crippen molar-refractivity contribution < 1.29 is 9.15 Å². The summed E-state index contributed by atoms with van der Waals surface area (Å²) in [7, 11) is 0. The fourth-order valence-corrected chi connectivity index (χ4v) is 1.81. The molecule has 0 radical (unpaired) electrons. The Balaban J connectivity index is 1.67. The van der Waals surface area contributed by atoms with E-state index in [4.69, 9.17) is 9.15 Å². The molecule has 2 heterocycles. The van der Waals surface area contributed by atoms with Crippen molar-refractivity contribution in [3.05, 3.63) is 72.8 Å². The average molecular weight is 251 g/mol. The molecule has 0 aliphatic heterocycles. The summed E-state index contributed by atoms with van der Waals surface area (Å²) in [5, 5.41) is 0. The van der Waals surface area contributed by atoms with Gasteiger partial charge in [0.15, 0.2) is 0 Å². The average Bonchev–Trinajstić information content (AvgIpc) is 3.01. The van der Waals surface area contributed by atoms with Gasteiger partial charge in [-0.05, 0) is 42.5 Å². The lowest BCUT2D eigenvalue weighted by Gasteiger charge is -2.06. The topological polar surface area (TPSA) is 35.3 Å². The van der Waals surface area contributed by atoms with Gasteiger partial charge in [-0.25, -0.2) is 0 Å². The molecule has 0 aliphatic carbocycles. The van der Waals surface area contributed by atoms with E-state index in [1.165, 1.54) is 0 Å². The van der Waals surface area contributed by atoms with Crippen LogP contribution < -0.4 is 4.74 Å². The largest absolute Gasteiger partial charge is 0.489 e. The van der Waals surface area contributed by atoms with E-state index in [-0.39, 0.29) is 0 Å². The van der Waals surface area contributed by atoms with Crippen LogP contribution in [0, 0.1) is 0 Å². The first kappa shape index (κ1) is 11.5. The Morgan fingerprint density at radius 3 is 2.58 bits per heavy atom. The third-order valence-electron chi connectivity index (χ3n) is 2.79. The van der Waals surface area contributed by atoms with Crippen molar-refractivity contribution in [3.63, 3.8) is 0 Å². The molecular formula is C16H13NO2. The number of benzene rings is 1. The minimum atomic E-state index is 0.522. The fourth-order valence-electron chi connectivity index (χ4n) is 1.81. The van der Waals surface area contributed by atoms with Crippen LogP contribution in [0.4, 0.5) is 0 Å². The molecule has 19 heavy (non-hydrogen) atoms. The molecule has 94 valence electrons. The van der Waals surface area contributed by atoms with Crippen LogP contribution in [-0.2, 0) is 6.61 Å². The van der Waals surface area contributed by atoms with E-state index in [2.05, 4.69) is 4.98 Å². The molecule has 3 heteroatoms. The fraction of sp³-hybridized carbons (Fsp3) is 0.0625. The molecule has 0 bridgehead atoms. The van der Waals surface area contributed by atoms with E-state index in [0.717, 1.165) is 22.6 Å². The van der Waals surface area contributed by atoms with E-state index in [9.17, 15) is 0 Å². The number of rotatable bonds is 4. The summed E-state index contributed by atoms with van der Waals surface area (Å²) in [4.78, 5) is 4.05. The standard InChI is InChI=1S/C16H13NO2/c1-3-13(11-17-9-1)12-19-15-7-5-14(6-8-15)16-4-2-10-18-16/h1-11H,12H2. The zero-order chi connectivity index (χ0) is 12.9. The van der Waals surface area contributed by atoms with Crippen molar-refractivity contribution in [1.29, 1.82) is 0 Å². The van der Waals surface area contributed by atoms with Crippen molar-refractivity contribution in [2.24, 2.45) is 0 Å². The lowest BCUT2D eigenvalue weighted by molar-refractivity contribution is 0.306. The SMILES string of the molecule is c1cncc(COc2ccc(-c3ccco3)cc2)c1. The Kier molecular flexibility index (Phi) is 3.28. The van der Waals surface area contributed by atoms with Crippen LogP contribution in [0.5, 0.6) is 5.75 Å². The van der Waals surface area contributed by atoms with Crippen LogP contribution in [0.3, 0.4) is 0 Å². The second-order valence-corrected chi connectivity index (χ2v) is 4.15. The van der Waals surface area contributed by atoms with Gasteiger partial charge in [-0.15, -0.1) is 0 Å². The van der Waals surface area contributed by atoms with Crippen molar-refractivity contribution in [2.75, 3.05) is 0 Å². The van der Waals surface area contributed by atoms with Gasteiger partial charge in [0.2, 0.25) is 0 Å². The monoisotopic (exact) mass is 251 g/mol. The number of pyridine rings is 1. The smallest absolute Gasteiger partial charge is 0.133 e. The molecule has 2 aromatic heterocycles. The van der Waals surface area contributed by atoms with Gasteiger partial charge in [0.25, 0.3) is 0 Å². The van der Waals surface area contributed by atoms with Gasteiger partial charge in [0.05, 0.1) is 6.26 Å². The molecule has 0 fully saturated rings. The summed E-state index contributed by atoms with van der Waals surface area (Å²) >= 11 is 0. The second kappa shape index (κ2) is 5.40. The third-order valence-corrected chi connectivity index (χ3v) is 2.79. The number of aromatic nitrogens is 1. The van der Waals surface area contributed by atoms with Gasteiger partial charge in [0, 0.05) is 23.5 Å². The van der Waals surface area contributed by atoms with Gasteiger partial charge in [-0.2, -0.15) is 0 Å². The first-order valence-corrected chi connectivity index (χ1v) is 6.07. The lowest BCUT2D eigenvalue weighted by atomic mass is 10.2. The quantitative estimate of drug-likeness (QED) is 0.705. The predicted octanol–water partition coefficient (Wildman–Crippen LogP) is 3.92. The second-order valence-electron chi connectivity index (χ2n) is 4.15. The summed E-state index contributed by atoms with van der Waals surface area (Å²) in [5.74, 6) is 1.69. The Morgan fingerprint density at radius 2 is 1.89 bits per heavy atom. The molecule has 3 nitrogen and oxygen atoms in total. The summed E-state index contributed by atoms with van der Waals surface area (Å²) in [6.07, 6.45) is 5.22. The summed E-state index contributed by atoms with van der Waals surface area (Å²) in [6, 6.07) is 15.5. The molecule has 0 spiro atoms. The van der Waals surface area contributed by atoms with Crippen LogP contribution in [0.2, 0.25) is 0 Å². The van der Waals surface area contributed by atoms with Crippen LogP contribution in [0.15, 0.2) is 71.6 Å². The van der Waals surface area contributed by atoms with Crippen LogP contribution in [0.25, 0.3) is 11.3 Å². The maximum atomic E-state index is 5.69. The highest BCUT2D eigenvalue weighted by Gasteiger charge is 2.01. The normalized spacial score (nSPS) is 10.3. The number of furan rings is 1. The zero-order valence-electron chi connectivity index (χ0n) is 10.3. The molecule has 0 amide bonds. The van der Waals surface area contributed by atoms with Gasteiger partial charge in [0.1, 0.15) is 18.1 Å². The molecule has 3 aromatic rings. The molecule has 0 N–H and O–H groups in total. The predicted molar refractivity (Wildman–Crippen MR) is 72.7 cm³/mol. The maximum absolute atomic E-state index is 5.69. The highest BCUT2D eigenvalue weighted by Crippen LogP contribution is 2.23. The van der Waals surface area contributed by atoms with Crippen molar-refractivity contribution in [1.82, 2.24) is 4.98 Å². The van der Waals surface area contributed by atoms with Crippen LogP contribution >= 0.6 is 0 Å². The summed E-state index contributed by atoms with van der Waals surface area (Å²) < 4.78 is 11.0. The van der Waals surface area contributed by atoms with E-state index < -0.39 is 0 Å². The Labute approximate surface area is 111 Å². The first-order valence-electron chi connectivity index (χ1n) is 6.07. The number of ether oxygens (including phenoxy) is 1. The minimum Gasteiger partial charge on any atom is -0.489 e. The lowest BCUT2D eigenvalue weighted by Crippen LogP contribution is -1.95. The molecule has 0 aliphatic rings. The Hall–Kier alpha value is -2.55. The Morgan fingerprint density at radius 1 is 1.00 bits per heavy atom. The molecule has 1 aromatic carbocycles. The molecule has 0 atom stereocenters. The highest BCUT2D eigenvalue weighted by atomic mass is 16.5. The van der Waals surface area contributed by atoms with Crippen molar-refractivity contribution in [2.45, 2.75) is 6.61 Å². The van der Waals surface area contributed by atoms with E-state index in [1.807, 2.05) is 48.5 Å². The first-order chi connectivity index (χ1) is 9.42. The van der Waals surface area contributed by atoms with Crippen molar-refractivity contribution in [3.8, 4) is 17.1 Å².